The minimum Gasteiger partial charge on any atom is -0.383 e. The van der Waals surface area contributed by atoms with E-state index in [0.717, 1.165) is 26.6 Å². The summed E-state index contributed by atoms with van der Waals surface area (Å²) >= 11 is 3.02. The predicted octanol–water partition coefficient (Wildman–Crippen LogP) is 2.96. The van der Waals surface area contributed by atoms with Gasteiger partial charge in [0.2, 0.25) is 0 Å². The van der Waals surface area contributed by atoms with Gasteiger partial charge < -0.3 is 5.73 Å². The standard InChI is InChI=1S/C12H10N4S2/c13-11-9(6-17-12-14-7-15-18-12)5-8-3-1-2-4-10(8)16-11/h1-5,7H,6H2,(H2,13,16). The van der Waals surface area contributed by atoms with E-state index in [-0.39, 0.29) is 0 Å². The SMILES string of the molecule is Nc1nc2ccccc2cc1CSc1ncns1. The number of nitrogens with two attached hydrogens (primary N) is 1. The molecule has 2 heterocycles. The molecule has 0 amide bonds. The van der Waals surface area contributed by atoms with Crippen molar-refractivity contribution in [1.29, 1.82) is 0 Å². The predicted molar refractivity (Wildman–Crippen MR) is 75.6 cm³/mol. The summed E-state index contributed by atoms with van der Waals surface area (Å²) in [6.45, 7) is 0. The first kappa shape index (κ1) is 11.4. The smallest absolute Gasteiger partial charge is 0.170 e. The molecule has 0 spiro atoms. The Kier molecular flexibility index (Phi) is 3.12. The van der Waals surface area contributed by atoms with Crippen LogP contribution in [0.25, 0.3) is 10.9 Å². The molecular weight excluding hydrogens is 264 g/mol. The van der Waals surface area contributed by atoms with Crippen LogP contribution in [0.1, 0.15) is 5.56 Å². The van der Waals surface area contributed by atoms with Gasteiger partial charge in [0.25, 0.3) is 0 Å². The molecule has 1 aromatic carbocycles. The van der Waals surface area contributed by atoms with Crippen molar-refractivity contribution >= 4 is 40.0 Å². The van der Waals surface area contributed by atoms with Crippen LogP contribution in [0.15, 0.2) is 41.0 Å². The van der Waals surface area contributed by atoms with Crippen LogP contribution in [0, 0.1) is 0 Å². The van der Waals surface area contributed by atoms with E-state index in [9.17, 15) is 0 Å². The van der Waals surface area contributed by atoms with Crippen LogP contribution in [-0.4, -0.2) is 14.3 Å². The molecule has 0 fully saturated rings. The number of hydrogen-bond donors (Lipinski definition) is 1. The number of nitrogen functional groups attached to an aromatic ring is 1. The second kappa shape index (κ2) is 4.91. The molecule has 0 bridgehead atoms. The molecule has 2 aromatic heterocycles. The molecule has 3 rings (SSSR count). The molecule has 0 aliphatic heterocycles. The highest BCUT2D eigenvalue weighted by Crippen LogP contribution is 2.27. The van der Waals surface area contributed by atoms with Crippen LogP contribution in [0.3, 0.4) is 0 Å². The fraction of sp³-hybridized carbons (Fsp3) is 0.0833. The van der Waals surface area contributed by atoms with Crippen molar-refractivity contribution < 1.29 is 0 Å². The largest absolute Gasteiger partial charge is 0.383 e. The Balaban J connectivity index is 1.89. The fourth-order valence-electron chi connectivity index (χ4n) is 1.66. The molecule has 0 aliphatic carbocycles. The normalized spacial score (nSPS) is 10.9. The summed E-state index contributed by atoms with van der Waals surface area (Å²) in [5, 5.41) is 1.11. The number of fused-ring (bicyclic) bond motifs is 1. The van der Waals surface area contributed by atoms with Gasteiger partial charge in [-0.15, -0.1) is 0 Å². The molecule has 90 valence electrons. The molecule has 0 aliphatic rings. The highest BCUT2D eigenvalue weighted by molar-refractivity contribution is 8.00. The maximum atomic E-state index is 5.97. The maximum Gasteiger partial charge on any atom is 0.170 e. The third-order valence-electron chi connectivity index (χ3n) is 2.53. The van der Waals surface area contributed by atoms with Gasteiger partial charge in [-0.1, -0.05) is 30.0 Å². The molecule has 0 unspecified atom stereocenters. The van der Waals surface area contributed by atoms with E-state index in [4.69, 9.17) is 5.73 Å². The number of benzene rings is 1. The topological polar surface area (TPSA) is 64.7 Å². The number of hydrogen-bond acceptors (Lipinski definition) is 6. The Hall–Kier alpha value is -1.66. The van der Waals surface area contributed by atoms with Gasteiger partial charge >= 0.3 is 0 Å². The zero-order chi connectivity index (χ0) is 12.4. The molecule has 0 atom stereocenters. The quantitative estimate of drug-likeness (QED) is 0.744. The molecule has 6 heteroatoms. The summed E-state index contributed by atoms with van der Waals surface area (Å²) in [7, 11) is 0. The lowest BCUT2D eigenvalue weighted by molar-refractivity contribution is 1.21. The van der Waals surface area contributed by atoms with Gasteiger partial charge in [-0.25, -0.2) is 9.97 Å². The second-order valence-corrected chi connectivity index (χ2v) is 5.72. The van der Waals surface area contributed by atoms with Crippen molar-refractivity contribution in [2.45, 2.75) is 10.1 Å². The van der Waals surface area contributed by atoms with E-state index in [0.29, 0.717) is 5.82 Å². The van der Waals surface area contributed by atoms with Gasteiger partial charge in [-0.05, 0) is 23.7 Å². The van der Waals surface area contributed by atoms with Crippen LogP contribution < -0.4 is 5.73 Å². The van der Waals surface area contributed by atoms with Crippen molar-refractivity contribution in [3.05, 3.63) is 42.2 Å². The van der Waals surface area contributed by atoms with Crippen LogP contribution in [0.2, 0.25) is 0 Å². The van der Waals surface area contributed by atoms with Gasteiger partial charge in [0.05, 0.1) is 5.52 Å². The Morgan fingerprint density at radius 3 is 3.00 bits per heavy atom. The van der Waals surface area contributed by atoms with Crippen LogP contribution >= 0.6 is 23.3 Å². The average molecular weight is 274 g/mol. The molecule has 0 saturated carbocycles. The zero-order valence-electron chi connectivity index (χ0n) is 9.41. The summed E-state index contributed by atoms with van der Waals surface area (Å²) in [6.07, 6.45) is 1.56. The molecule has 18 heavy (non-hydrogen) atoms. The van der Waals surface area contributed by atoms with Gasteiger partial charge in [0.15, 0.2) is 4.34 Å². The lowest BCUT2D eigenvalue weighted by Gasteiger charge is -2.05. The number of thioether (sulfide) groups is 1. The maximum absolute atomic E-state index is 5.97. The van der Waals surface area contributed by atoms with E-state index in [2.05, 4.69) is 20.4 Å². The van der Waals surface area contributed by atoms with Crippen LogP contribution in [-0.2, 0) is 5.75 Å². The third-order valence-corrected chi connectivity index (χ3v) is 4.37. The highest BCUT2D eigenvalue weighted by Gasteiger charge is 2.06. The zero-order valence-corrected chi connectivity index (χ0v) is 11.0. The minimum atomic E-state index is 0.589. The lowest BCUT2D eigenvalue weighted by Crippen LogP contribution is -1.97. The summed E-state index contributed by atoms with van der Waals surface area (Å²) in [6, 6.07) is 10.1. The molecule has 2 N–H and O–H groups in total. The summed E-state index contributed by atoms with van der Waals surface area (Å²) in [4.78, 5) is 8.54. The number of pyridine rings is 1. The van der Waals surface area contributed by atoms with E-state index in [1.54, 1.807) is 18.1 Å². The van der Waals surface area contributed by atoms with E-state index < -0.39 is 0 Å². The summed E-state index contributed by atoms with van der Waals surface area (Å²) in [5.41, 5.74) is 7.94. The molecule has 0 radical (unpaired) electrons. The number of para-hydroxylation sites is 1. The Bertz CT molecular complexity index is 667. The van der Waals surface area contributed by atoms with Crippen LogP contribution in [0.4, 0.5) is 5.82 Å². The third kappa shape index (κ3) is 2.30. The lowest BCUT2D eigenvalue weighted by atomic mass is 10.1. The van der Waals surface area contributed by atoms with Gasteiger partial charge in [0, 0.05) is 16.7 Å². The van der Waals surface area contributed by atoms with Crippen molar-refractivity contribution in [2.24, 2.45) is 0 Å². The van der Waals surface area contributed by atoms with E-state index in [1.807, 2.05) is 24.3 Å². The van der Waals surface area contributed by atoms with Gasteiger partial charge in [-0.3, -0.25) is 0 Å². The minimum absolute atomic E-state index is 0.589. The van der Waals surface area contributed by atoms with Crippen LogP contribution in [0.5, 0.6) is 0 Å². The fourth-order valence-corrected chi connectivity index (χ4v) is 3.08. The van der Waals surface area contributed by atoms with Gasteiger partial charge in [-0.2, -0.15) is 4.37 Å². The molecule has 0 saturated heterocycles. The first-order valence-corrected chi connectivity index (χ1v) is 7.12. The Morgan fingerprint density at radius 1 is 1.28 bits per heavy atom. The van der Waals surface area contributed by atoms with Crippen molar-refractivity contribution in [2.75, 3.05) is 5.73 Å². The number of rotatable bonds is 3. The van der Waals surface area contributed by atoms with Crippen molar-refractivity contribution in [3.63, 3.8) is 0 Å². The Morgan fingerprint density at radius 2 is 2.17 bits per heavy atom. The van der Waals surface area contributed by atoms with E-state index in [1.165, 1.54) is 11.5 Å². The summed E-state index contributed by atoms with van der Waals surface area (Å²) in [5.74, 6) is 1.35. The van der Waals surface area contributed by atoms with Crippen molar-refractivity contribution in [3.8, 4) is 0 Å². The average Bonchev–Trinajstić information content (AvgIpc) is 2.89. The first-order chi connectivity index (χ1) is 8.83. The molecule has 3 aromatic rings. The first-order valence-electron chi connectivity index (χ1n) is 5.36. The summed E-state index contributed by atoms with van der Waals surface area (Å²) < 4.78 is 4.92. The second-order valence-electron chi connectivity index (χ2n) is 3.72. The number of anilines is 1. The van der Waals surface area contributed by atoms with Gasteiger partial charge in [0.1, 0.15) is 12.1 Å². The Labute approximate surface area is 112 Å². The van der Waals surface area contributed by atoms with E-state index >= 15 is 0 Å². The monoisotopic (exact) mass is 274 g/mol. The molecular formula is C12H10N4S2. The highest BCUT2D eigenvalue weighted by atomic mass is 32.2. The molecule has 4 nitrogen and oxygen atoms in total. The number of aromatic nitrogens is 3. The number of nitrogens with zero attached hydrogens (tertiary/aromatic N) is 3. The van der Waals surface area contributed by atoms with Crippen molar-refractivity contribution in [1.82, 2.24) is 14.3 Å².